The van der Waals surface area contributed by atoms with Gasteiger partial charge < -0.3 is 10.2 Å². The lowest BCUT2D eigenvalue weighted by Gasteiger charge is -2.49. The number of carbonyl (C=O) groups is 1. The van der Waals surface area contributed by atoms with E-state index in [2.05, 4.69) is 0 Å². The van der Waals surface area contributed by atoms with Gasteiger partial charge in [0.2, 0.25) is 0 Å². The van der Waals surface area contributed by atoms with E-state index in [9.17, 15) is 9.90 Å². The molecule has 3 rings (SSSR count). The molecule has 0 spiro atoms. The van der Waals surface area contributed by atoms with Crippen molar-refractivity contribution in [3.05, 3.63) is 12.2 Å². The van der Waals surface area contributed by atoms with Crippen molar-refractivity contribution < 1.29 is 15.0 Å². The van der Waals surface area contributed by atoms with Crippen LogP contribution >= 0.6 is 0 Å². The van der Waals surface area contributed by atoms with Crippen molar-refractivity contribution in [2.24, 2.45) is 5.41 Å². The monoisotopic (exact) mass is 196 g/mol. The average molecular weight is 196 g/mol. The van der Waals surface area contributed by atoms with E-state index in [0.29, 0.717) is 0 Å². The van der Waals surface area contributed by atoms with E-state index in [-0.39, 0.29) is 5.41 Å². The van der Waals surface area contributed by atoms with E-state index in [1.54, 1.807) is 0 Å². The molecule has 3 aliphatic rings. The first-order valence-corrected chi connectivity index (χ1v) is 5.18. The zero-order chi connectivity index (χ0) is 10.2. The molecule has 78 valence electrons. The lowest BCUT2D eigenvalue weighted by Crippen LogP contribution is -2.45. The van der Waals surface area contributed by atoms with Gasteiger partial charge >= 0.3 is 5.97 Å². The number of aliphatic hydroxyl groups is 1. The molecule has 0 radical (unpaired) electrons. The molecule has 3 nitrogen and oxygen atoms in total. The second-order valence-corrected chi connectivity index (χ2v) is 4.76. The van der Waals surface area contributed by atoms with E-state index in [4.69, 9.17) is 5.11 Å². The summed E-state index contributed by atoms with van der Waals surface area (Å²) in [6.45, 7) is 0. The molecule has 3 saturated carbocycles. The van der Waals surface area contributed by atoms with E-state index < -0.39 is 11.6 Å². The third kappa shape index (κ3) is 1.69. The minimum atomic E-state index is -0.870. The Kier molecular flexibility index (Phi) is 2.14. The van der Waals surface area contributed by atoms with Crippen LogP contribution in [0.2, 0.25) is 0 Å². The predicted octanol–water partition coefficient (Wildman–Crippen LogP) is 1.71. The second kappa shape index (κ2) is 3.09. The second-order valence-electron chi connectivity index (χ2n) is 4.76. The van der Waals surface area contributed by atoms with Crippen LogP contribution in [0.5, 0.6) is 0 Å². The predicted molar refractivity (Wildman–Crippen MR) is 51.9 cm³/mol. The van der Waals surface area contributed by atoms with Gasteiger partial charge in [-0.3, -0.25) is 0 Å². The maximum Gasteiger partial charge on any atom is 0.327 e. The van der Waals surface area contributed by atoms with E-state index in [1.165, 1.54) is 6.08 Å². The molecule has 0 aliphatic heterocycles. The number of aliphatic carboxylic acids is 1. The van der Waals surface area contributed by atoms with Gasteiger partial charge in [-0.1, -0.05) is 6.08 Å². The Morgan fingerprint density at radius 3 is 2.00 bits per heavy atom. The van der Waals surface area contributed by atoms with Gasteiger partial charge in [0.05, 0.1) is 5.60 Å². The number of carboxylic acid groups (broad SMARTS) is 1. The van der Waals surface area contributed by atoms with Crippen LogP contribution in [0.4, 0.5) is 0 Å². The maximum atomic E-state index is 10.4. The van der Waals surface area contributed by atoms with E-state index in [0.717, 1.165) is 38.5 Å². The van der Waals surface area contributed by atoms with Gasteiger partial charge in [0.25, 0.3) is 0 Å². The van der Waals surface area contributed by atoms with Crippen molar-refractivity contribution in [3.63, 3.8) is 0 Å². The summed E-state index contributed by atoms with van der Waals surface area (Å²) >= 11 is 0. The third-order valence-corrected chi connectivity index (χ3v) is 3.84. The topological polar surface area (TPSA) is 57.5 Å². The minimum Gasteiger partial charge on any atom is -0.478 e. The Morgan fingerprint density at radius 1 is 1.07 bits per heavy atom. The Hall–Kier alpha value is -0.830. The molecule has 0 heterocycles. The van der Waals surface area contributed by atoms with Gasteiger partial charge in [-0.15, -0.1) is 0 Å². The number of allylic oxidation sites excluding steroid dienone is 1. The normalized spacial score (nSPS) is 41.8. The molecular formula is C11H16O3. The first kappa shape index (κ1) is 9.71. The molecule has 2 N–H and O–H groups in total. The average Bonchev–Trinajstić information content (AvgIpc) is 2.17. The summed E-state index contributed by atoms with van der Waals surface area (Å²) in [7, 11) is 0. The third-order valence-electron chi connectivity index (χ3n) is 3.84. The molecule has 2 bridgehead atoms. The van der Waals surface area contributed by atoms with Crippen LogP contribution in [0.15, 0.2) is 12.2 Å². The van der Waals surface area contributed by atoms with Gasteiger partial charge in [-0.25, -0.2) is 4.79 Å². The Bertz CT molecular complexity index is 256. The fourth-order valence-electron chi connectivity index (χ4n) is 2.69. The molecule has 0 atom stereocenters. The van der Waals surface area contributed by atoms with Crippen molar-refractivity contribution in [2.45, 2.75) is 44.1 Å². The summed E-state index contributed by atoms with van der Waals surface area (Å²) in [6, 6.07) is 0. The molecule has 3 heteroatoms. The van der Waals surface area contributed by atoms with Gasteiger partial charge in [0.15, 0.2) is 0 Å². The molecular weight excluding hydrogens is 180 g/mol. The highest BCUT2D eigenvalue weighted by Gasteiger charge is 2.46. The molecule has 0 aromatic rings. The van der Waals surface area contributed by atoms with Gasteiger partial charge in [0, 0.05) is 6.08 Å². The number of hydrogen-bond acceptors (Lipinski definition) is 2. The van der Waals surface area contributed by atoms with Crippen LogP contribution < -0.4 is 0 Å². The fraction of sp³-hybridized carbons (Fsp3) is 0.727. The minimum absolute atomic E-state index is 0.0723. The molecule has 0 aromatic heterocycles. The summed E-state index contributed by atoms with van der Waals surface area (Å²) in [6.07, 6.45) is 8.41. The quantitative estimate of drug-likeness (QED) is 0.661. The molecule has 0 unspecified atom stereocenters. The van der Waals surface area contributed by atoms with Gasteiger partial charge in [0.1, 0.15) is 0 Å². The summed E-state index contributed by atoms with van der Waals surface area (Å²) < 4.78 is 0. The highest BCUT2D eigenvalue weighted by atomic mass is 16.4. The van der Waals surface area contributed by atoms with Crippen LogP contribution in [0, 0.1) is 5.41 Å². The van der Waals surface area contributed by atoms with Crippen LogP contribution in [-0.4, -0.2) is 21.8 Å². The van der Waals surface area contributed by atoms with Crippen LogP contribution in [0.1, 0.15) is 38.5 Å². The first-order chi connectivity index (χ1) is 6.54. The van der Waals surface area contributed by atoms with Crippen molar-refractivity contribution in [1.82, 2.24) is 0 Å². The first-order valence-electron chi connectivity index (χ1n) is 5.18. The highest BCUT2D eigenvalue weighted by Crippen LogP contribution is 2.52. The molecule has 0 amide bonds. The van der Waals surface area contributed by atoms with Crippen LogP contribution in [-0.2, 0) is 4.79 Å². The van der Waals surface area contributed by atoms with Crippen molar-refractivity contribution in [2.75, 3.05) is 0 Å². The zero-order valence-electron chi connectivity index (χ0n) is 8.20. The number of rotatable bonds is 2. The van der Waals surface area contributed by atoms with Crippen LogP contribution in [0.3, 0.4) is 0 Å². The Labute approximate surface area is 83.4 Å². The summed E-state index contributed by atoms with van der Waals surface area (Å²) in [5, 5.41) is 18.6. The van der Waals surface area contributed by atoms with Crippen molar-refractivity contribution in [1.29, 1.82) is 0 Å². The van der Waals surface area contributed by atoms with E-state index in [1.807, 2.05) is 6.08 Å². The SMILES string of the molecule is O=C(O)/C=C/C12CCC(O)(CC1)CC2. The Balaban J connectivity index is 2.08. The summed E-state index contributed by atoms with van der Waals surface area (Å²) in [4.78, 5) is 10.4. The summed E-state index contributed by atoms with van der Waals surface area (Å²) in [5.41, 5.74) is -0.359. The van der Waals surface area contributed by atoms with Crippen LogP contribution in [0.25, 0.3) is 0 Å². The maximum absolute atomic E-state index is 10.4. The number of fused-ring (bicyclic) bond motifs is 3. The number of hydrogen-bond donors (Lipinski definition) is 2. The summed E-state index contributed by atoms with van der Waals surface area (Å²) in [5.74, 6) is -0.870. The molecule has 14 heavy (non-hydrogen) atoms. The lowest BCUT2D eigenvalue weighted by atomic mass is 9.58. The largest absolute Gasteiger partial charge is 0.478 e. The molecule has 3 fully saturated rings. The lowest BCUT2D eigenvalue weighted by molar-refractivity contribution is -0.131. The standard InChI is InChI=1S/C11H16O3/c12-9(13)1-2-10-3-6-11(14,7-4-10)8-5-10/h1-2,14H,3-8H2,(H,12,13)/b2-1+. The molecule has 3 aliphatic carbocycles. The molecule has 0 saturated heterocycles. The Morgan fingerprint density at radius 2 is 1.57 bits per heavy atom. The van der Waals surface area contributed by atoms with Gasteiger partial charge in [-0.05, 0) is 43.9 Å². The smallest absolute Gasteiger partial charge is 0.327 e. The highest BCUT2D eigenvalue weighted by molar-refractivity contribution is 5.79. The van der Waals surface area contributed by atoms with Crippen molar-refractivity contribution in [3.8, 4) is 0 Å². The fourth-order valence-corrected chi connectivity index (χ4v) is 2.69. The van der Waals surface area contributed by atoms with E-state index >= 15 is 0 Å². The van der Waals surface area contributed by atoms with Crippen molar-refractivity contribution >= 4 is 5.97 Å². The number of carboxylic acids is 1. The molecule has 0 aromatic carbocycles. The van der Waals surface area contributed by atoms with Gasteiger partial charge in [-0.2, -0.15) is 0 Å². The zero-order valence-corrected chi connectivity index (χ0v) is 8.20.